The van der Waals surface area contributed by atoms with Crippen LogP contribution < -0.4 is 16.0 Å². The van der Waals surface area contributed by atoms with Gasteiger partial charge >= 0.3 is 0 Å². The maximum absolute atomic E-state index is 4.92. The van der Waals surface area contributed by atoms with Crippen LogP contribution in [-0.2, 0) is 39.3 Å². The molecule has 218 valence electrons. The molecule has 0 aliphatic rings. The highest BCUT2D eigenvalue weighted by Gasteiger charge is 2.13. The van der Waals surface area contributed by atoms with Gasteiger partial charge in [0, 0.05) is 56.8 Å². The van der Waals surface area contributed by atoms with Crippen LogP contribution in [0.4, 0.5) is 17.8 Å². The van der Waals surface area contributed by atoms with Crippen LogP contribution in [0.5, 0.6) is 0 Å². The molecule has 13 heteroatoms. The summed E-state index contributed by atoms with van der Waals surface area (Å²) < 4.78 is 0. The molecule has 0 aliphatic carbocycles. The van der Waals surface area contributed by atoms with E-state index in [1.807, 2.05) is 36.4 Å². The SMILES string of the molecule is c1cc(CNc2ncc[nH]2)nc(CN(Cc2cccc(CNc3ncc[nH]3)n2)Cc2cccc(CNc3ncc[nH]3)n2)c1. The molecular weight excluding hydrogens is 542 g/mol. The second kappa shape index (κ2) is 13.9. The summed E-state index contributed by atoms with van der Waals surface area (Å²) in [6, 6.07) is 18.3. The average Bonchev–Trinajstić information content (AvgIpc) is 3.84. The largest absolute Gasteiger partial charge is 0.350 e. The summed E-state index contributed by atoms with van der Waals surface area (Å²) in [6.07, 6.45) is 10.5. The van der Waals surface area contributed by atoms with Crippen LogP contribution in [0.3, 0.4) is 0 Å². The first-order valence-corrected chi connectivity index (χ1v) is 14.0. The van der Waals surface area contributed by atoms with Crippen molar-refractivity contribution in [2.24, 2.45) is 0 Å². The third kappa shape index (κ3) is 8.24. The van der Waals surface area contributed by atoms with E-state index in [1.165, 1.54) is 0 Å². The highest BCUT2D eigenvalue weighted by atomic mass is 15.2. The predicted molar refractivity (Wildman–Crippen MR) is 163 cm³/mol. The fraction of sp³-hybridized carbons (Fsp3) is 0.200. The zero-order valence-corrected chi connectivity index (χ0v) is 23.5. The molecule has 43 heavy (non-hydrogen) atoms. The molecule has 0 unspecified atom stereocenters. The summed E-state index contributed by atoms with van der Waals surface area (Å²) in [5, 5.41) is 9.81. The van der Waals surface area contributed by atoms with E-state index in [1.54, 1.807) is 37.2 Å². The van der Waals surface area contributed by atoms with Crippen LogP contribution in [0, 0.1) is 0 Å². The standard InChI is InChI=1S/C30H33N13/c1-4-22(16-37-28-31-10-11-32-28)40-25(7-1)19-43(20-26-8-2-5-23(41-26)17-38-29-33-12-13-34-29)21-27-9-3-6-24(42-27)18-39-30-35-14-15-36-30/h1-15H,16-21H2,(H2,31,32,37)(H2,33,34,38)(H2,35,36,39). The molecule has 0 saturated heterocycles. The van der Waals surface area contributed by atoms with E-state index in [-0.39, 0.29) is 0 Å². The molecule has 0 aromatic carbocycles. The van der Waals surface area contributed by atoms with Crippen molar-refractivity contribution >= 4 is 17.8 Å². The van der Waals surface area contributed by atoms with Crippen molar-refractivity contribution in [2.45, 2.75) is 39.3 Å². The van der Waals surface area contributed by atoms with E-state index < -0.39 is 0 Å². The molecule has 0 amide bonds. The van der Waals surface area contributed by atoms with Crippen molar-refractivity contribution in [1.82, 2.24) is 49.8 Å². The van der Waals surface area contributed by atoms with Gasteiger partial charge in [-0.2, -0.15) is 0 Å². The third-order valence-electron chi connectivity index (χ3n) is 6.56. The average molecular weight is 576 g/mol. The van der Waals surface area contributed by atoms with Crippen molar-refractivity contribution in [3.8, 4) is 0 Å². The van der Waals surface area contributed by atoms with E-state index in [0.29, 0.717) is 57.1 Å². The van der Waals surface area contributed by atoms with Gasteiger partial charge < -0.3 is 30.9 Å². The maximum Gasteiger partial charge on any atom is 0.200 e. The topological polar surface area (TPSA) is 164 Å². The molecule has 0 aliphatic heterocycles. The molecule has 0 fully saturated rings. The van der Waals surface area contributed by atoms with Gasteiger partial charge in [-0.25, -0.2) is 15.0 Å². The highest BCUT2D eigenvalue weighted by Crippen LogP contribution is 2.14. The van der Waals surface area contributed by atoms with E-state index in [4.69, 9.17) is 15.0 Å². The van der Waals surface area contributed by atoms with Gasteiger partial charge in [-0.05, 0) is 36.4 Å². The number of hydrogen-bond acceptors (Lipinski definition) is 10. The first kappa shape index (κ1) is 27.6. The molecule has 13 nitrogen and oxygen atoms in total. The first-order valence-electron chi connectivity index (χ1n) is 14.0. The number of pyridine rings is 3. The summed E-state index contributed by atoms with van der Waals surface area (Å²) in [5.41, 5.74) is 5.69. The van der Waals surface area contributed by atoms with E-state index in [9.17, 15) is 0 Å². The maximum atomic E-state index is 4.92. The minimum Gasteiger partial charge on any atom is -0.350 e. The molecule has 0 bridgehead atoms. The third-order valence-corrected chi connectivity index (χ3v) is 6.56. The van der Waals surface area contributed by atoms with Crippen LogP contribution in [0.15, 0.2) is 91.8 Å². The molecule has 0 spiro atoms. The molecule has 6 rings (SSSR count). The zero-order chi connectivity index (χ0) is 29.1. The Labute approximate surface area is 248 Å². The Hall–Kier alpha value is -5.56. The Morgan fingerprint density at radius 3 is 1.09 bits per heavy atom. The van der Waals surface area contributed by atoms with Gasteiger partial charge in [-0.15, -0.1) is 0 Å². The Balaban J connectivity index is 1.17. The van der Waals surface area contributed by atoms with Gasteiger partial charge in [0.05, 0.1) is 53.8 Å². The highest BCUT2D eigenvalue weighted by molar-refractivity contribution is 5.27. The fourth-order valence-corrected chi connectivity index (χ4v) is 4.61. The van der Waals surface area contributed by atoms with E-state index in [2.05, 4.69) is 69.0 Å². The second-order valence-corrected chi connectivity index (χ2v) is 9.88. The minimum atomic E-state index is 0.569. The first-order chi connectivity index (χ1) is 21.2. The van der Waals surface area contributed by atoms with Crippen LogP contribution in [0.2, 0.25) is 0 Å². The lowest BCUT2D eigenvalue weighted by molar-refractivity contribution is 0.238. The Morgan fingerprint density at radius 2 is 0.791 bits per heavy atom. The van der Waals surface area contributed by atoms with E-state index in [0.717, 1.165) is 34.2 Å². The van der Waals surface area contributed by atoms with Crippen molar-refractivity contribution in [3.63, 3.8) is 0 Å². The second-order valence-electron chi connectivity index (χ2n) is 9.88. The summed E-state index contributed by atoms with van der Waals surface area (Å²) in [7, 11) is 0. The monoisotopic (exact) mass is 575 g/mol. The molecule has 0 atom stereocenters. The molecule has 6 aromatic heterocycles. The number of hydrogen-bond donors (Lipinski definition) is 6. The smallest absolute Gasteiger partial charge is 0.200 e. The number of nitrogens with one attached hydrogen (secondary N) is 6. The number of aromatic nitrogens is 9. The summed E-state index contributed by atoms with van der Waals surface area (Å²) in [4.78, 5) is 38.9. The number of aromatic amines is 3. The fourth-order valence-electron chi connectivity index (χ4n) is 4.61. The van der Waals surface area contributed by atoms with Crippen molar-refractivity contribution < 1.29 is 0 Å². The zero-order valence-electron chi connectivity index (χ0n) is 23.5. The van der Waals surface area contributed by atoms with Gasteiger partial charge in [0.1, 0.15) is 0 Å². The Bertz CT molecular complexity index is 1470. The number of H-pyrrole nitrogens is 3. The van der Waals surface area contributed by atoms with Crippen LogP contribution in [0.1, 0.15) is 34.2 Å². The van der Waals surface area contributed by atoms with Crippen molar-refractivity contribution in [3.05, 3.63) is 126 Å². The van der Waals surface area contributed by atoms with Crippen molar-refractivity contribution in [1.29, 1.82) is 0 Å². The molecule has 6 aromatic rings. The lowest BCUT2D eigenvalue weighted by Crippen LogP contribution is -2.25. The summed E-state index contributed by atoms with van der Waals surface area (Å²) >= 11 is 0. The van der Waals surface area contributed by atoms with Gasteiger partial charge in [0.15, 0.2) is 17.8 Å². The lowest BCUT2D eigenvalue weighted by Gasteiger charge is -2.22. The summed E-state index contributed by atoms with van der Waals surface area (Å²) in [6.45, 7) is 3.59. The Morgan fingerprint density at radius 1 is 0.465 bits per heavy atom. The Kier molecular flexibility index (Phi) is 8.90. The van der Waals surface area contributed by atoms with Gasteiger partial charge in [0.25, 0.3) is 0 Å². The molecular formula is C30H33N13. The normalized spacial score (nSPS) is 11.1. The van der Waals surface area contributed by atoms with Crippen LogP contribution in [-0.4, -0.2) is 49.8 Å². The van der Waals surface area contributed by atoms with Gasteiger partial charge in [-0.3, -0.25) is 19.9 Å². The van der Waals surface area contributed by atoms with E-state index >= 15 is 0 Å². The quantitative estimate of drug-likeness (QED) is 0.105. The molecule has 6 heterocycles. The number of imidazole rings is 3. The van der Waals surface area contributed by atoms with Gasteiger partial charge in [0.2, 0.25) is 0 Å². The summed E-state index contributed by atoms with van der Waals surface area (Å²) in [5.74, 6) is 2.15. The minimum absolute atomic E-state index is 0.569. The van der Waals surface area contributed by atoms with Crippen molar-refractivity contribution in [2.75, 3.05) is 16.0 Å². The van der Waals surface area contributed by atoms with Crippen LogP contribution >= 0.6 is 0 Å². The number of nitrogens with zero attached hydrogens (tertiary/aromatic N) is 7. The van der Waals surface area contributed by atoms with Crippen LogP contribution in [0.25, 0.3) is 0 Å². The molecule has 0 radical (unpaired) electrons. The number of anilines is 3. The number of rotatable bonds is 15. The molecule has 6 N–H and O–H groups in total. The molecule has 0 saturated carbocycles. The predicted octanol–water partition coefficient (Wildman–Crippen LogP) is 4.08. The van der Waals surface area contributed by atoms with Gasteiger partial charge in [-0.1, -0.05) is 18.2 Å². The lowest BCUT2D eigenvalue weighted by atomic mass is 10.2.